The highest BCUT2D eigenvalue weighted by molar-refractivity contribution is 6.03. The molecule has 5 heteroatoms. The topological polar surface area (TPSA) is 69.6 Å². The minimum atomic E-state index is -1.02. The van der Waals surface area contributed by atoms with Crippen molar-refractivity contribution < 1.29 is 14.7 Å². The molecule has 0 aromatic heterocycles. The number of nitrogens with zero attached hydrogens (tertiary/aromatic N) is 1. The lowest BCUT2D eigenvalue weighted by Crippen LogP contribution is -2.47. The molecule has 0 saturated carbocycles. The van der Waals surface area contributed by atoms with Gasteiger partial charge in [-0.3, -0.25) is 4.79 Å². The maximum absolute atomic E-state index is 12.3. The van der Waals surface area contributed by atoms with Crippen LogP contribution in [0.5, 0.6) is 0 Å². The lowest BCUT2D eigenvalue weighted by atomic mass is 10.0. The quantitative estimate of drug-likeness (QED) is 0.866. The molecule has 19 heavy (non-hydrogen) atoms. The predicted octanol–water partition coefficient (Wildman–Crippen LogP) is 1.49. The average molecular weight is 262 g/mol. The minimum Gasteiger partial charge on any atom is -0.478 e. The van der Waals surface area contributed by atoms with Crippen LogP contribution in [0.2, 0.25) is 0 Å². The number of carbonyl (C=O) groups is 2. The summed E-state index contributed by atoms with van der Waals surface area (Å²) in [5.74, 6) is -1.10. The minimum absolute atomic E-state index is 0.0756. The Hall–Kier alpha value is -1.88. The van der Waals surface area contributed by atoms with Crippen molar-refractivity contribution >= 4 is 17.6 Å². The van der Waals surface area contributed by atoms with Crippen molar-refractivity contribution in [3.8, 4) is 0 Å². The van der Waals surface area contributed by atoms with Gasteiger partial charge >= 0.3 is 5.97 Å². The number of benzene rings is 1. The highest BCUT2D eigenvalue weighted by atomic mass is 16.4. The monoisotopic (exact) mass is 262 g/mol. The van der Waals surface area contributed by atoms with Crippen LogP contribution in [0.15, 0.2) is 24.3 Å². The number of hydrogen-bond donors (Lipinski definition) is 2. The fourth-order valence-corrected chi connectivity index (χ4v) is 2.36. The van der Waals surface area contributed by atoms with Crippen LogP contribution in [-0.2, 0) is 4.79 Å². The summed E-state index contributed by atoms with van der Waals surface area (Å²) in [5, 5.41) is 12.3. The van der Waals surface area contributed by atoms with Gasteiger partial charge in [-0.25, -0.2) is 4.79 Å². The Balaban J connectivity index is 2.21. The molecule has 1 aliphatic heterocycles. The molecule has 1 aromatic carbocycles. The number of para-hydroxylation sites is 1. The molecule has 5 nitrogen and oxygen atoms in total. The highest BCUT2D eigenvalue weighted by Crippen LogP contribution is 2.21. The summed E-state index contributed by atoms with van der Waals surface area (Å²) in [4.78, 5) is 25.0. The van der Waals surface area contributed by atoms with Crippen molar-refractivity contribution in [2.24, 2.45) is 0 Å². The molecule has 0 spiro atoms. The number of carbonyl (C=O) groups excluding carboxylic acids is 1. The van der Waals surface area contributed by atoms with Crippen LogP contribution in [0.25, 0.3) is 0 Å². The molecule has 1 heterocycles. The number of carboxylic acids is 1. The maximum Gasteiger partial charge on any atom is 0.337 e. The van der Waals surface area contributed by atoms with Gasteiger partial charge in [0, 0.05) is 7.05 Å². The number of aromatic carboxylic acids is 1. The number of nitrogens with one attached hydrogen (secondary N) is 1. The number of hydrogen-bond acceptors (Lipinski definition) is 3. The molecule has 1 saturated heterocycles. The first kappa shape index (κ1) is 13.5. The second-order valence-corrected chi connectivity index (χ2v) is 4.72. The zero-order valence-electron chi connectivity index (χ0n) is 10.9. The zero-order chi connectivity index (χ0) is 13.8. The van der Waals surface area contributed by atoms with Crippen LogP contribution in [0.1, 0.15) is 29.6 Å². The smallest absolute Gasteiger partial charge is 0.337 e. The van der Waals surface area contributed by atoms with Gasteiger partial charge < -0.3 is 15.3 Å². The largest absolute Gasteiger partial charge is 0.478 e. The second kappa shape index (κ2) is 5.84. The Bertz CT molecular complexity index is 481. The van der Waals surface area contributed by atoms with Gasteiger partial charge in [-0.2, -0.15) is 0 Å². The van der Waals surface area contributed by atoms with Gasteiger partial charge in [0.15, 0.2) is 0 Å². The Morgan fingerprint density at radius 2 is 2.05 bits per heavy atom. The number of anilines is 1. The summed E-state index contributed by atoms with van der Waals surface area (Å²) < 4.78 is 0. The lowest BCUT2D eigenvalue weighted by Gasteiger charge is -2.28. The molecule has 2 rings (SSSR count). The highest BCUT2D eigenvalue weighted by Gasteiger charge is 2.26. The average Bonchev–Trinajstić information content (AvgIpc) is 2.46. The first-order valence-corrected chi connectivity index (χ1v) is 6.44. The van der Waals surface area contributed by atoms with E-state index in [0.717, 1.165) is 25.8 Å². The summed E-state index contributed by atoms with van der Waals surface area (Å²) in [6, 6.07) is 6.35. The third-order valence-corrected chi connectivity index (χ3v) is 3.43. The second-order valence-electron chi connectivity index (χ2n) is 4.72. The van der Waals surface area contributed by atoms with Crippen molar-refractivity contribution in [2.75, 3.05) is 18.5 Å². The van der Waals surface area contributed by atoms with E-state index < -0.39 is 5.97 Å². The van der Waals surface area contributed by atoms with Crippen molar-refractivity contribution in [3.63, 3.8) is 0 Å². The summed E-state index contributed by atoms with van der Waals surface area (Å²) in [5.41, 5.74) is 0.585. The normalized spacial score (nSPS) is 18.9. The van der Waals surface area contributed by atoms with Crippen LogP contribution in [0, 0.1) is 0 Å². The summed E-state index contributed by atoms with van der Waals surface area (Å²) >= 11 is 0. The standard InChI is InChI=1S/C14H18N2O3/c1-16(13(17)11-7-4-5-9-15-11)12-8-3-2-6-10(12)14(18)19/h2-3,6,8,11,15H,4-5,7,9H2,1H3,(H,18,19). The Kier molecular flexibility index (Phi) is 4.16. The molecule has 1 amide bonds. The van der Waals surface area contributed by atoms with E-state index in [-0.39, 0.29) is 17.5 Å². The van der Waals surface area contributed by atoms with E-state index in [1.807, 2.05) is 0 Å². The van der Waals surface area contributed by atoms with Gasteiger partial charge in [0.2, 0.25) is 5.91 Å². The molecule has 1 atom stereocenters. The molecule has 102 valence electrons. The first-order chi connectivity index (χ1) is 9.11. The van der Waals surface area contributed by atoms with Crippen LogP contribution < -0.4 is 10.2 Å². The van der Waals surface area contributed by atoms with Gasteiger partial charge in [0.05, 0.1) is 17.3 Å². The van der Waals surface area contributed by atoms with Gasteiger partial charge in [-0.15, -0.1) is 0 Å². The molecule has 1 unspecified atom stereocenters. The van der Waals surface area contributed by atoms with Crippen molar-refractivity contribution in [1.82, 2.24) is 5.32 Å². The Morgan fingerprint density at radius 1 is 1.32 bits per heavy atom. The summed E-state index contributed by atoms with van der Waals surface area (Å²) in [6.45, 7) is 0.838. The van der Waals surface area contributed by atoms with E-state index in [9.17, 15) is 9.59 Å². The van der Waals surface area contributed by atoms with Gasteiger partial charge in [0.25, 0.3) is 0 Å². The van der Waals surface area contributed by atoms with Gasteiger partial charge in [-0.05, 0) is 31.5 Å². The molecule has 0 radical (unpaired) electrons. The molecular weight excluding hydrogens is 244 g/mol. The fraction of sp³-hybridized carbons (Fsp3) is 0.429. The Morgan fingerprint density at radius 3 is 2.68 bits per heavy atom. The lowest BCUT2D eigenvalue weighted by molar-refractivity contribution is -0.120. The van der Waals surface area contributed by atoms with Crippen molar-refractivity contribution in [3.05, 3.63) is 29.8 Å². The number of amides is 1. The predicted molar refractivity (Wildman–Crippen MR) is 72.5 cm³/mol. The molecule has 1 aromatic rings. The molecule has 0 aliphatic carbocycles. The Labute approximate surface area is 112 Å². The molecular formula is C14H18N2O3. The molecule has 2 N–H and O–H groups in total. The third kappa shape index (κ3) is 2.93. The van der Waals surface area contributed by atoms with E-state index in [2.05, 4.69) is 5.32 Å². The fourth-order valence-electron chi connectivity index (χ4n) is 2.36. The number of piperidine rings is 1. The SMILES string of the molecule is CN(C(=O)C1CCCCN1)c1ccccc1C(=O)O. The summed E-state index contributed by atoms with van der Waals surface area (Å²) in [7, 11) is 1.63. The van der Waals surface area contributed by atoms with Gasteiger partial charge in [0.1, 0.15) is 0 Å². The van der Waals surface area contributed by atoms with Crippen LogP contribution in [-0.4, -0.2) is 36.6 Å². The molecule has 1 fully saturated rings. The molecule has 1 aliphatic rings. The number of carboxylic acid groups (broad SMARTS) is 1. The van der Waals surface area contributed by atoms with E-state index in [4.69, 9.17) is 5.11 Å². The summed E-state index contributed by atoms with van der Waals surface area (Å²) in [6.07, 6.45) is 2.91. The number of likely N-dealkylation sites (N-methyl/N-ethyl adjacent to an activating group) is 1. The molecule has 0 bridgehead atoms. The van der Waals surface area contributed by atoms with Crippen molar-refractivity contribution in [1.29, 1.82) is 0 Å². The van der Waals surface area contributed by atoms with E-state index >= 15 is 0 Å². The van der Waals surface area contributed by atoms with E-state index in [1.54, 1.807) is 25.2 Å². The maximum atomic E-state index is 12.3. The van der Waals surface area contributed by atoms with Crippen LogP contribution in [0.4, 0.5) is 5.69 Å². The van der Waals surface area contributed by atoms with Gasteiger partial charge in [-0.1, -0.05) is 18.6 Å². The van der Waals surface area contributed by atoms with Crippen molar-refractivity contribution in [2.45, 2.75) is 25.3 Å². The third-order valence-electron chi connectivity index (χ3n) is 3.43. The zero-order valence-corrected chi connectivity index (χ0v) is 10.9. The number of rotatable bonds is 3. The first-order valence-electron chi connectivity index (χ1n) is 6.44. The van der Waals surface area contributed by atoms with Crippen LogP contribution >= 0.6 is 0 Å². The van der Waals surface area contributed by atoms with Crippen LogP contribution in [0.3, 0.4) is 0 Å². The van der Waals surface area contributed by atoms with E-state index in [0.29, 0.717) is 5.69 Å². The van der Waals surface area contributed by atoms with E-state index in [1.165, 1.54) is 11.0 Å².